The predicted octanol–water partition coefficient (Wildman–Crippen LogP) is 0.503. The van der Waals surface area contributed by atoms with Gasteiger partial charge in [0.25, 0.3) is 0 Å². The average molecular weight is 279 g/mol. The van der Waals surface area contributed by atoms with Crippen molar-refractivity contribution in [3.8, 4) is 0 Å². The van der Waals surface area contributed by atoms with Gasteiger partial charge in [-0.3, -0.25) is 9.59 Å². The van der Waals surface area contributed by atoms with Gasteiger partial charge in [-0.15, -0.1) is 0 Å². The molecule has 2 N–H and O–H groups in total. The second-order valence-electron chi connectivity index (χ2n) is 6.52. The Morgan fingerprint density at radius 2 is 2.35 bits per heavy atom. The van der Waals surface area contributed by atoms with Crippen LogP contribution in [0.15, 0.2) is 0 Å². The number of piperidine rings is 1. The van der Waals surface area contributed by atoms with Crippen molar-refractivity contribution < 1.29 is 9.59 Å². The molecule has 0 aliphatic carbocycles. The number of carbonyl (C=O) groups is 2. The van der Waals surface area contributed by atoms with Crippen LogP contribution >= 0.6 is 0 Å². The van der Waals surface area contributed by atoms with Gasteiger partial charge in [-0.1, -0.05) is 13.3 Å². The summed E-state index contributed by atoms with van der Waals surface area (Å²) >= 11 is 0. The summed E-state index contributed by atoms with van der Waals surface area (Å²) in [6.07, 6.45) is 4.81. The molecular weight excluding hydrogens is 254 g/mol. The molecule has 0 spiro atoms. The molecule has 5 nitrogen and oxygen atoms in total. The van der Waals surface area contributed by atoms with E-state index in [0.29, 0.717) is 6.54 Å². The van der Waals surface area contributed by atoms with Crippen LogP contribution in [-0.2, 0) is 9.59 Å². The number of fused-ring (bicyclic) bond motifs is 1. The molecule has 0 saturated carbocycles. The lowest BCUT2D eigenvalue weighted by Crippen LogP contribution is -2.54. The first-order valence-electron chi connectivity index (χ1n) is 7.97. The molecule has 2 amide bonds. The van der Waals surface area contributed by atoms with Gasteiger partial charge >= 0.3 is 0 Å². The molecule has 3 fully saturated rings. The standard InChI is InChI=1S/C15H25N3O2/c1-2-5-15(6-7-16-10-15)14(20)18-8-3-4-11-12(18)9-17-13(11)19/h11-12,16H,2-10H2,1H3,(H,17,19). The molecule has 0 radical (unpaired) electrons. The highest BCUT2D eigenvalue weighted by atomic mass is 16.2. The maximum absolute atomic E-state index is 13.1. The van der Waals surface area contributed by atoms with Crippen LogP contribution in [0.1, 0.15) is 39.0 Å². The first-order chi connectivity index (χ1) is 9.68. The van der Waals surface area contributed by atoms with Crippen LogP contribution < -0.4 is 10.6 Å². The summed E-state index contributed by atoms with van der Waals surface area (Å²) in [6, 6.07) is 0.0954. The number of hydrogen-bond donors (Lipinski definition) is 2. The number of likely N-dealkylation sites (tertiary alicyclic amines) is 1. The van der Waals surface area contributed by atoms with Crippen molar-refractivity contribution in [1.29, 1.82) is 0 Å². The van der Waals surface area contributed by atoms with Crippen LogP contribution in [0.25, 0.3) is 0 Å². The zero-order valence-electron chi connectivity index (χ0n) is 12.3. The monoisotopic (exact) mass is 279 g/mol. The third-order valence-electron chi connectivity index (χ3n) is 5.29. The van der Waals surface area contributed by atoms with E-state index in [1.165, 1.54) is 0 Å². The van der Waals surface area contributed by atoms with Crippen molar-refractivity contribution in [3.05, 3.63) is 0 Å². The van der Waals surface area contributed by atoms with Gasteiger partial charge in [0.1, 0.15) is 0 Å². The minimum absolute atomic E-state index is 0.0285. The number of nitrogens with zero attached hydrogens (tertiary/aromatic N) is 1. The van der Waals surface area contributed by atoms with Gasteiger partial charge in [-0.2, -0.15) is 0 Å². The smallest absolute Gasteiger partial charge is 0.230 e. The Kier molecular flexibility index (Phi) is 3.71. The van der Waals surface area contributed by atoms with Crippen molar-refractivity contribution in [2.45, 2.75) is 45.1 Å². The lowest BCUT2D eigenvalue weighted by molar-refractivity contribution is -0.146. The second-order valence-corrected chi connectivity index (χ2v) is 6.52. The zero-order chi connectivity index (χ0) is 14.2. The lowest BCUT2D eigenvalue weighted by atomic mass is 9.79. The third-order valence-corrected chi connectivity index (χ3v) is 5.29. The van der Waals surface area contributed by atoms with Crippen molar-refractivity contribution in [2.75, 3.05) is 26.2 Å². The maximum Gasteiger partial charge on any atom is 0.230 e. The largest absolute Gasteiger partial charge is 0.354 e. The molecule has 112 valence electrons. The van der Waals surface area contributed by atoms with E-state index in [9.17, 15) is 9.59 Å². The number of nitrogens with one attached hydrogen (secondary N) is 2. The fourth-order valence-electron chi connectivity index (χ4n) is 4.23. The average Bonchev–Trinajstić information content (AvgIpc) is 3.07. The highest BCUT2D eigenvalue weighted by Gasteiger charge is 2.49. The molecule has 20 heavy (non-hydrogen) atoms. The van der Waals surface area contributed by atoms with E-state index >= 15 is 0 Å². The number of amides is 2. The number of carbonyl (C=O) groups excluding carboxylic acids is 2. The van der Waals surface area contributed by atoms with Crippen molar-refractivity contribution >= 4 is 11.8 Å². The lowest BCUT2D eigenvalue weighted by Gasteiger charge is -2.41. The fourth-order valence-corrected chi connectivity index (χ4v) is 4.23. The van der Waals surface area contributed by atoms with E-state index in [-0.39, 0.29) is 29.2 Å². The van der Waals surface area contributed by atoms with Gasteiger partial charge in [0, 0.05) is 19.6 Å². The molecule has 3 saturated heterocycles. The molecule has 5 heteroatoms. The molecule has 3 aliphatic rings. The Morgan fingerprint density at radius 1 is 1.50 bits per heavy atom. The zero-order valence-corrected chi connectivity index (χ0v) is 12.3. The first kappa shape index (κ1) is 13.9. The van der Waals surface area contributed by atoms with E-state index in [1.54, 1.807) is 0 Å². The van der Waals surface area contributed by atoms with Gasteiger partial charge in [0.15, 0.2) is 0 Å². The van der Waals surface area contributed by atoms with Crippen molar-refractivity contribution in [3.63, 3.8) is 0 Å². The Labute approximate surface area is 120 Å². The summed E-state index contributed by atoms with van der Waals surface area (Å²) in [4.78, 5) is 27.0. The second kappa shape index (κ2) is 5.35. The van der Waals surface area contributed by atoms with Gasteiger partial charge in [-0.05, 0) is 32.2 Å². The van der Waals surface area contributed by atoms with Gasteiger partial charge in [-0.25, -0.2) is 0 Å². The van der Waals surface area contributed by atoms with E-state index in [1.807, 2.05) is 4.90 Å². The first-order valence-corrected chi connectivity index (χ1v) is 7.97. The molecule has 3 heterocycles. The molecule has 3 unspecified atom stereocenters. The van der Waals surface area contributed by atoms with Gasteiger partial charge in [0.05, 0.1) is 17.4 Å². The summed E-state index contributed by atoms with van der Waals surface area (Å²) in [5.74, 6) is 0.456. The Hall–Kier alpha value is -1.10. The minimum Gasteiger partial charge on any atom is -0.354 e. The summed E-state index contributed by atoms with van der Waals surface area (Å²) in [5, 5.41) is 6.29. The van der Waals surface area contributed by atoms with E-state index in [4.69, 9.17) is 0 Å². The third kappa shape index (κ3) is 2.12. The normalized spacial score (nSPS) is 36.9. The van der Waals surface area contributed by atoms with Crippen LogP contribution in [0.2, 0.25) is 0 Å². The van der Waals surface area contributed by atoms with Crippen LogP contribution in [-0.4, -0.2) is 48.9 Å². The molecule has 0 bridgehead atoms. The highest BCUT2D eigenvalue weighted by Crippen LogP contribution is 2.37. The van der Waals surface area contributed by atoms with E-state index in [2.05, 4.69) is 17.6 Å². The number of rotatable bonds is 3. The Balaban J connectivity index is 1.80. The minimum atomic E-state index is -0.220. The summed E-state index contributed by atoms with van der Waals surface area (Å²) in [7, 11) is 0. The van der Waals surface area contributed by atoms with E-state index in [0.717, 1.165) is 51.7 Å². The van der Waals surface area contributed by atoms with Crippen LogP contribution in [0, 0.1) is 11.3 Å². The number of hydrogen-bond acceptors (Lipinski definition) is 3. The van der Waals surface area contributed by atoms with Crippen LogP contribution in [0.4, 0.5) is 0 Å². The Bertz CT molecular complexity index is 404. The van der Waals surface area contributed by atoms with Crippen molar-refractivity contribution in [2.24, 2.45) is 11.3 Å². The molecule has 0 aromatic rings. The van der Waals surface area contributed by atoms with Crippen LogP contribution in [0.3, 0.4) is 0 Å². The summed E-state index contributed by atoms with van der Waals surface area (Å²) < 4.78 is 0. The highest BCUT2D eigenvalue weighted by molar-refractivity contribution is 5.87. The van der Waals surface area contributed by atoms with Gasteiger partial charge in [0.2, 0.25) is 11.8 Å². The molecule has 3 rings (SSSR count). The molecule has 0 aromatic heterocycles. The fraction of sp³-hybridized carbons (Fsp3) is 0.867. The Morgan fingerprint density at radius 3 is 3.05 bits per heavy atom. The van der Waals surface area contributed by atoms with E-state index < -0.39 is 0 Å². The predicted molar refractivity (Wildman–Crippen MR) is 76.1 cm³/mol. The van der Waals surface area contributed by atoms with Crippen LogP contribution in [0.5, 0.6) is 0 Å². The summed E-state index contributed by atoms with van der Waals surface area (Å²) in [5.41, 5.74) is -0.220. The maximum atomic E-state index is 13.1. The molecule has 3 atom stereocenters. The molecule has 0 aromatic carbocycles. The summed E-state index contributed by atoms with van der Waals surface area (Å²) in [6.45, 7) is 5.35. The topological polar surface area (TPSA) is 61.4 Å². The molecule has 3 aliphatic heterocycles. The van der Waals surface area contributed by atoms with Crippen molar-refractivity contribution in [1.82, 2.24) is 15.5 Å². The quantitative estimate of drug-likeness (QED) is 0.791. The van der Waals surface area contributed by atoms with Gasteiger partial charge < -0.3 is 15.5 Å². The molecular formula is C15H25N3O2. The SMILES string of the molecule is CCCC1(C(=O)N2CCCC3C(=O)NCC32)CCNC1.